The molecular formula is C9H13BN2O. The fourth-order valence-corrected chi connectivity index (χ4v) is 1.53. The average Bonchev–Trinajstić information content (AvgIpc) is 2.19. The number of hydrogen-bond acceptors (Lipinski definition) is 3. The Bertz CT molecular complexity index is 287. The Hall–Kier alpha value is -1.03. The second-order valence-corrected chi connectivity index (χ2v) is 3.32. The Morgan fingerprint density at radius 3 is 2.77 bits per heavy atom. The smallest absolute Gasteiger partial charge is 0.141 e. The van der Waals surface area contributed by atoms with Gasteiger partial charge in [0.25, 0.3) is 0 Å². The van der Waals surface area contributed by atoms with Crippen molar-refractivity contribution >= 4 is 19.0 Å². The minimum atomic E-state index is 0.827. The van der Waals surface area contributed by atoms with E-state index in [0.717, 1.165) is 26.3 Å². The van der Waals surface area contributed by atoms with Crippen LogP contribution >= 0.6 is 0 Å². The molecule has 1 aliphatic heterocycles. The number of pyridine rings is 1. The molecule has 0 radical (unpaired) electrons. The molecule has 0 N–H and O–H groups in total. The normalized spacial score (nSPS) is 17.4. The molecule has 0 spiro atoms. The molecule has 0 atom stereocenters. The highest BCUT2D eigenvalue weighted by molar-refractivity contribution is 6.32. The standard InChI is InChI=1S/C9H13BN2O/c10-8-5-9(7-11-6-8)12-1-3-13-4-2-12/h5-7H,1-4,10H2. The fraction of sp³-hybridized carbons (Fsp3) is 0.444. The molecule has 0 unspecified atom stereocenters. The fourth-order valence-electron chi connectivity index (χ4n) is 1.53. The number of ether oxygens (including phenoxy) is 1. The molecule has 0 aromatic carbocycles. The monoisotopic (exact) mass is 176 g/mol. The SMILES string of the molecule is Bc1cncc(N2CCOCC2)c1. The Kier molecular flexibility index (Phi) is 2.50. The van der Waals surface area contributed by atoms with Crippen molar-refractivity contribution in [2.24, 2.45) is 0 Å². The van der Waals surface area contributed by atoms with Gasteiger partial charge in [-0.25, -0.2) is 0 Å². The summed E-state index contributed by atoms with van der Waals surface area (Å²) in [6, 6.07) is 2.16. The third-order valence-corrected chi connectivity index (χ3v) is 2.24. The lowest BCUT2D eigenvalue weighted by Gasteiger charge is -2.28. The Labute approximate surface area is 79.1 Å². The van der Waals surface area contributed by atoms with Crippen LogP contribution in [0.25, 0.3) is 0 Å². The molecule has 2 heterocycles. The quantitative estimate of drug-likeness (QED) is 0.522. The lowest BCUT2D eigenvalue weighted by atomic mass is 9.98. The highest BCUT2D eigenvalue weighted by Crippen LogP contribution is 2.11. The first-order valence-corrected chi connectivity index (χ1v) is 4.60. The van der Waals surface area contributed by atoms with Crippen LogP contribution in [0, 0.1) is 0 Å². The number of hydrogen-bond donors (Lipinski definition) is 0. The third kappa shape index (κ3) is 2.01. The number of anilines is 1. The van der Waals surface area contributed by atoms with Crippen LogP contribution in [0.15, 0.2) is 18.5 Å². The summed E-state index contributed by atoms with van der Waals surface area (Å²) in [5.41, 5.74) is 2.42. The molecule has 68 valence electrons. The average molecular weight is 176 g/mol. The van der Waals surface area contributed by atoms with E-state index in [4.69, 9.17) is 4.74 Å². The van der Waals surface area contributed by atoms with Crippen LogP contribution in [0.5, 0.6) is 0 Å². The molecule has 3 nitrogen and oxygen atoms in total. The molecule has 1 fully saturated rings. The first-order valence-electron chi connectivity index (χ1n) is 4.60. The van der Waals surface area contributed by atoms with E-state index in [-0.39, 0.29) is 0 Å². The van der Waals surface area contributed by atoms with Crippen molar-refractivity contribution in [3.8, 4) is 0 Å². The Balaban J connectivity index is 2.14. The van der Waals surface area contributed by atoms with E-state index in [1.54, 1.807) is 0 Å². The highest BCUT2D eigenvalue weighted by atomic mass is 16.5. The van der Waals surface area contributed by atoms with Gasteiger partial charge in [0.2, 0.25) is 0 Å². The molecular weight excluding hydrogens is 163 g/mol. The third-order valence-electron chi connectivity index (χ3n) is 2.24. The van der Waals surface area contributed by atoms with E-state index in [1.807, 2.05) is 12.4 Å². The first kappa shape index (κ1) is 8.57. The van der Waals surface area contributed by atoms with Crippen molar-refractivity contribution in [3.63, 3.8) is 0 Å². The molecule has 1 aliphatic rings. The molecule has 1 aromatic rings. The molecule has 0 saturated carbocycles. The Morgan fingerprint density at radius 1 is 1.31 bits per heavy atom. The van der Waals surface area contributed by atoms with Crippen molar-refractivity contribution in [1.82, 2.24) is 4.98 Å². The van der Waals surface area contributed by atoms with Crippen molar-refractivity contribution in [2.75, 3.05) is 31.2 Å². The minimum absolute atomic E-state index is 0.827. The summed E-state index contributed by atoms with van der Waals surface area (Å²) in [7, 11) is 2.07. The second kappa shape index (κ2) is 3.79. The van der Waals surface area contributed by atoms with Gasteiger partial charge in [-0.15, -0.1) is 0 Å². The summed E-state index contributed by atoms with van der Waals surface area (Å²) < 4.78 is 5.29. The minimum Gasteiger partial charge on any atom is -0.378 e. The summed E-state index contributed by atoms with van der Waals surface area (Å²) in [5.74, 6) is 0. The van der Waals surface area contributed by atoms with Gasteiger partial charge in [0.15, 0.2) is 0 Å². The molecule has 2 rings (SSSR count). The van der Waals surface area contributed by atoms with Gasteiger partial charge in [-0.1, -0.05) is 5.46 Å². The van der Waals surface area contributed by atoms with Gasteiger partial charge >= 0.3 is 0 Å². The number of morpholine rings is 1. The van der Waals surface area contributed by atoms with Gasteiger partial charge in [-0.05, 0) is 6.07 Å². The van der Waals surface area contributed by atoms with Crippen LogP contribution in [0.4, 0.5) is 5.69 Å². The van der Waals surface area contributed by atoms with E-state index < -0.39 is 0 Å². The molecule has 1 saturated heterocycles. The molecule has 0 amide bonds. The topological polar surface area (TPSA) is 25.4 Å². The van der Waals surface area contributed by atoms with Crippen LogP contribution in [-0.2, 0) is 4.74 Å². The van der Waals surface area contributed by atoms with Crippen LogP contribution in [0.1, 0.15) is 0 Å². The van der Waals surface area contributed by atoms with Crippen LogP contribution in [0.3, 0.4) is 0 Å². The van der Waals surface area contributed by atoms with E-state index in [9.17, 15) is 0 Å². The van der Waals surface area contributed by atoms with E-state index in [1.165, 1.54) is 11.2 Å². The maximum absolute atomic E-state index is 5.29. The second-order valence-electron chi connectivity index (χ2n) is 3.32. The van der Waals surface area contributed by atoms with Gasteiger partial charge in [0.05, 0.1) is 25.1 Å². The van der Waals surface area contributed by atoms with Gasteiger partial charge in [-0.3, -0.25) is 4.98 Å². The lowest BCUT2D eigenvalue weighted by molar-refractivity contribution is 0.122. The zero-order valence-electron chi connectivity index (χ0n) is 7.86. The van der Waals surface area contributed by atoms with Crippen molar-refractivity contribution in [1.29, 1.82) is 0 Å². The maximum atomic E-state index is 5.29. The molecule has 4 heteroatoms. The van der Waals surface area contributed by atoms with E-state index in [2.05, 4.69) is 23.8 Å². The molecule has 0 bridgehead atoms. The van der Waals surface area contributed by atoms with Gasteiger partial charge in [0, 0.05) is 19.3 Å². The summed E-state index contributed by atoms with van der Waals surface area (Å²) in [4.78, 5) is 6.49. The van der Waals surface area contributed by atoms with Gasteiger partial charge in [-0.2, -0.15) is 0 Å². The summed E-state index contributed by atoms with van der Waals surface area (Å²) >= 11 is 0. The maximum Gasteiger partial charge on any atom is 0.141 e. The van der Waals surface area contributed by atoms with Crippen LogP contribution in [0.2, 0.25) is 0 Å². The van der Waals surface area contributed by atoms with Crippen molar-refractivity contribution < 1.29 is 4.74 Å². The van der Waals surface area contributed by atoms with Crippen molar-refractivity contribution in [2.45, 2.75) is 0 Å². The van der Waals surface area contributed by atoms with Gasteiger partial charge in [0.1, 0.15) is 7.85 Å². The lowest BCUT2D eigenvalue weighted by Crippen LogP contribution is -2.36. The van der Waals surface area contributed by atoms with Crippen molar-refractivity contribution in [3.05, 3.63) is 18.5 Å². The molecule has 0 aliphatic carbocycles. The number of rotatable bonds is 1. The highest BCUT2D eigenvalue weighted by Gasteiger charge is 2.10. The zero-order chi connectivity index (χ0) is 9.10. The summed E-state index contributed by atoms with van der Waals surface area (Å²) in [5, 5.41) is 0. The van der Waals surface area contributed by atoms with Crippen LogP contribution < -0.4 is 10.4 Å². The number of nitrogens with zero attached hydrogens (tertiary/aromatic N) is 2. The van der Waals surface area contributed by atoms with E-state index >= 15 is 0 Å². The van der Waals surface area contributed by atoms with Crippen LogP contribution in [-0.4, -0.2) is 39.1 Å². The van der Waals surface area contributed by atoms with Gasteiger partial charge < -0.3 is 9.64 Å². The summed E-state index contributed by atoms with van der Waals surface area (Å²) in [6.07, 6.45) is 3.79. The number of aromatic nitrogens is 1. The molecule has 13 heavy (non-hydrogen) atoms. The zero-order valence-corrected chi connectivity index (χ0v) is 7.86. The predicted molar refractivity (Wildman–Crippen MR) is 55.4 cm³/mol. The first-order chi connectivity index (χ1) is 6.36. The van der Waals surface area contributed by atoms with E-state index in [0.29, 0.717) is 0 Å². The largest absolute Gasteiger partial charge is 0.378 e. The summed E-state index contributed by atoms with van der Waals surface area (Å²) in [6.45, 7) is 3.61. The predicted octanol–water partition coefficient (Wildman–Crippen LogP) is -0.823. The molecule has 1 aromatic heterocycles. The Morgan fingerprint density at radius 2 is 2.08 bits per heavy atom.